The molecule has 0 radical (unpaired) electrons. The first kappa shape index (κ1) is 17.9. The summed E-state index contributed by atoms with van der Waals surface area (Å²) in [5.41, 5.74) is 2.90. The SMILES string of the molecule is Cn1ccnc1[C@H](NC(=O)c1ccc2c(c1)CCC(=O)N2)c1ccc(F)cc1. The summed E-state index contributed by atoms with van der Waals surface area (Å²) in [6, 6.07) is 10.7. The van der Waals surface area contributed by atoms with Crippen molar-refractivity contribution < 1.29 is 14.0 Å². The number of aromatic nitrogens is 2. The van der Waals surface area contributed by atoms with Crippen molar-refractivity contribution in [1.29, 1.82) is 0 Å². The average molecular weight is 378 g/mol. The van der Waals surface area contributed by atoms with Gasteiger partial charge in [-0.2, -0.15) is 0 Å². The van der Waals surface area contributed by atoms with Crippen LogP contribution in [0.1, 0.15) is 39.8 Å². The molecule has 7 heteroatoms. The number of imidazole rings is 1. The van der Waals surface area contributed by atoms with Crippen molar-refractivity contribution in [3.63, 3.8) is 0 Å². The van der Waals surface area contributed by atoms with Crippen LogP contribution in [0.3, 0.4) is 0 Å². The van der Waals surface area contributed by atoms with Crippen molar-refractivity contribution in [3.05, 3.63) is 83.2 Å². The maximum atomic E-state index is 13.3. The lowest BCUT2D eigenvalue weighted by molar-refractivity contribution is -0.116. The second-order valence-electron chi connectivity index (χ2n) is 6.77. The normalized spacial score (nSPS) is 14.1. The van der Waals surface area contributed by atoms with Crippen LogP contribution < -0.4 is 10.6 Å². The summed E-state index contributed by atoms with van der Waals surface area (Å²) in [4.78, 5) is 28.8. The van der Waals surface area contributed by atoms with Crippen molar-refractivity contribution in [2.24, 2.45) is 7.05 Å². The molecular formula is C21H19FN4O2. The number of hydrogen-bond acceptors (Lipinski definition) is 3. The Morgan fingerprint density at radius 1 is 1.21 bits per heavy atom. The number of fused-ring (bicyclic) bond motifs is 1. The molecule has 0 fully saturated rings. The van der Waals surface area contributed by atoms with Crippen molar-refractivity contribution in [3.8, 4) is 0 Å². The Balaban J connectivity index is 1.63. The monoisotopic (exact) mass is 378 g/mol. The molecule has 3 aromatic rings. The van der Waals surface area contributed by atoms with Crippen molar-refractivity contribution in [2.45, 2.75) is 18.9 Å². The maximum absolute atomic E-state index is 13.3. The van der Waals surface area contributed by atoms with Crippen molar-refractivity contribution in [2.75, 3.05) is 5.32 Å². The Kier molecular flexibility index (Phi) is 4.65. The highest BCUT2D eigenvalue weighted by atomic mass is 19.1. The second kappa shape index (κ2) is 7.26. The molecule has 1 atom stereocenters. The number of rotatable bonds is 4. The van der Waals surface area contributed by atoms with Crippen LogP contribution in [0.2, 0.25) is 0 Å². The molecule has 2 aromatic carbocycles. The fourth-order valence-electron chi connectivity index (χ4n) is 3.35. The summed E-state index contributed by atoms with van der Waals surface area (Å²) in [6.07, 6.45) is 4.45. The van der Waals surface area contributed by atoms with Gasteiger partial charge in [0.1, 0.15) is 17.7 Å². The number of carbonyl (C=O) groups excluding carboxylic acids is 2. The lowest BCUT2D eigenvalue weighted by Crippen LogP contribution is -2.31. The molecule has 28 heavy (non-hydrogen) atoms. The third kappa shape index (κ3) is 3.51. The van der Waals surface area contributed by atoms with Crippen LogP contribution in [-0.4, -0.2) is 21.4 Å². The Morgan fingerprint density at radius 3 is 2.71 bits per heavy atom. The minimum Gasteiger partial charge on any atom is -0.338 e. The van der Waals surface area contributed by atoms with E-state index in [1.54, 1.807) is 42.7 Å². The fraction of sp³-hybridized carbons (Fsp3) is 0.190. The Morgan fingerprint density at radius 2 is 2.00 bits per heavy atom. The molecule has 0 saturated heterocycles. The number of benzene rings is 2. The van der Waals surface area contributed by atoms with Crippen molar-refractivity contribution >= 4 is 17.5 Å². The van der Waals surface area contributed by atoms with E-state index >= 15 is 0 Å². The second-order valence-corrected chi connectivity index (χ2v) is 6.77. The maximum Gasteiger partial charge on any atom is 0.252 e. The van der Waals surface area contributed by atoms with Crippen LogP contribution in [0.25, 0.3) is 0 Å². The summed E-state index contributed by atoms with van der Waals surface area (Å²) in [6.45, 7) is 0. The van der Waals surface area contributed by atoms with E-state index in [0.717, 1.165) is 16.8 Å². The van der Waals surface area contributed by atoms with E-state index in [-0.39, 0.29) is 17.6 Å². The highest BCUT2D eigenvalue weighted by Gasteiger charge is 2.23. The number of aryl methyl sites for hydroxylation is 2. The fourth-order valence-corrected chi connectivity index (χ4v) is 3.35. The zero-order valence-electron chi connectivity index (χ0n) is 15.3. The number of carbonyl (C=O) groups is 2. The van der Waals surface area contributed by atoms with E-state index in [1.165, 1.54) is 12.1 Å². The number of nitrogens with zero attached hydrogens (tertiary/aromatic N) is 2. The summed E-state index contributed by atoms with van der Waals surface area (Å²) >= 11 is 0. The molecule has 6 nitrogen and oxygen atoms in total. The quantitative estimate of drug-likeness (QED) is 0.733. The Hall–Kier alpha value is -3.48. The molecule has 2 amide bonds. The molecule has 142 valence electrons. The first-order valence-corrected chi connectivity index (χ1v) is 8.97. The Labute approximate surface area is 161 Å². The molecular weight excluding hydrogens is 359 g/mol. The number of halogens is 1. The van der Waals surface area contributed by atoms with Gasteiger partial charge in [0.15, 0.2) is 0 Å². The summed E-state index contributed by atoms with van der Waals surface area (Å²) in [5.74, 6) is 0.0171. The predicted octanol–water partition coefficient (Wildman–Crippen LogP) is 2.96. The van der Waals surface area contributed by atoms with Gasteiger partial charge < -0.3 is 15.2 Å². The number of nitrogens with one attached hydrogen (secondary N) is 2. The number of hydrogen-bond donors (Lipinski definition) is 2. The van der Waals surface area contributed by atoms with Gasteiger partial charge in [-0.05, 0) is 47.9 Å². The minimum absolute atomic E-state index is 0.0177. The summed E-state index contributed by atoms with van der Waals surface area (Å²) in [5, 5.41) is 5.80. The van der Waals surface area contributed by atoms with Crippen LogP contribution in [0.5, 0.6) is 0 Å². The van der Waals surface area contributed by atoms with Gasteiger partial charge in [-0.15, -0.1) is 0 Å². The van der Waals surface area contributed by atoms with E-state index in [2.05, 4.69) is 15.6 Å². The molecule has 0 unspecified atom stereocenters. The summed E-state index contributed by atoms with van der Waals surface area (Å²) < 4.78 is 15.2. The minimum atomic E-state index is -0.524. The third-order valence-corrected chi connectivity index (χ3v) is 4.86. The van der Waals surface area contributed by atoms with Gasteiger partial charge in [0.05, 0.1) is 0 Å². The van der Waals surface area contributed by atoms with Gasteiger partial charge in [-0.1, -0.05) is 12.1 Å². The van der Waals surface area contributed by atoms with E-state index in [4.69, 9.17) is 0 Å². The smallest absolute Gasteiger partial charge is 0.252 e. The van der Waals surface area contributed by atoms with E-state index in [9.17, 15) is 14.0 Å². The topological polar surface area (TPSA) is 76.0 Å². The zero-order valence-corrected chi connectivity index (χ0v) is 15.3. The molecule has 0 aliphatic carbocycles. The molecule has 2 heterocycles. The summed E-state index contributed by atoms with van der Waals surface area (Å²) in [7, 11) is 1.84. The average Bonchev–Trinajstić information content (AvgIpc) is 3.12. The van der Waals surface area contributed by atoms with Gasteiger partial charge in [0, 0.05) is 37.1 Å². The first-order chi connectivity index (χ1) is 13.5. The van der Waals surface area contributed by atoms with Gasteiger partial charge in [0.2, 0.25) is 5.91 Å². The predicted molar refractivity (Wildman–Crippen MR) is 102 cm³/mol. The van der Waals surface area contributed by atoms with E-state index in [0.29, 0.717) is 24.2 Å². The zero-order chi connectivity index (χ0) is 19.7. The molecule has 1 aliphatic heterocycles. The highest BCUT2D eigenvalue weighted by Crippen LogP contribution is 2.25. The molecule has 1 aliphatic rings. The molecule has 0 spiro atoms. The molecule has 0 saturated carbocycles. The molecule has 1 aromatic heterocycles. The van der Waals surface area contributed by atoms with Gasteiger partial charge in [-0.3, -0.25) is 9.59 Å². The lowest BCUT2D eigenvalue weighted by Gasteiger charge is -2.21. The number of amides is 2. The highest BCUT2D eigenvalue weighted by molar-refractivity contribution is 5.98. The first-order valence-electron chi connectivity index (χ1n) is 8.97. The van der Waals surface area contributed by atoms with Crippen molar-refractivity contribution in [1.82, 2.24) is 14.9 Å². The van der Waals surface area contributed by atoms with Crippen LogP contribution >= 0.6 is 0 Å². The van der Waals surface area contributed by atoms with Crippen LogP contribution in [0.15, 0.2) is 54.9 Å². The Bertz CT molecular complexity index is 1040. The molecule has 2 N–H and O–H groups in total. The van der Waals surface area contributed by atoms with E-state index in [1.807, 2.05) is 11.6 Å². The largest absolute Gasteiger partial charge is 0.338 e. The van der Waals surface area contributed by atoms with Crippen LogP contribution in [-0.2, 0) is 18.3 Å². The lowest BCUT2D eigenvalue weighted by atomic mass is 9.99. The van der Waals surface area contributed by atoms with Crippen LogP contribution in [0, 0.1) is 5.82 Å². The van der Waals surface area contributed by atoms with Gasteiger partial charge in [0.25, 0.3) is 5.91 Å². The van der Waals surface area contributed by atoms with Gasteiger partial charge in [-0.25, -0.2) is 9.37 Å². The molecule has 0 bridgehead atoms. The molecule has 4 rings (SSSR count). The van der Waals surface area contributed by atoms with Crippen LogP contribution in [0.4, 0.5) is 10.1 Å². The standard InChI is InChI=1S/C21H19FN4O2/c1-26-11-10-23-20(26)19(13-2-6-16(22)7-3-13)25-21(28)15-4-8-17-14(12-15)5-9-18(27)24-17/h2-4,6-8,10-12,19H,5,9H2,1H3,(H,24,27)(H,25,28)/t19-/m1/s1. The third-order valence-electron chi connectivity index (χ3n) is 4.86. The number of anilines is 1. The van der Waals surface area contributed by atoms with E-state index < -0.39 is 6.04 Å². The van der Waals surface area contributed by atoms with Gasteiger partial charge >= 0.3 is 0 Å².